The smallest absolute Gasteiger partial charge is 0.255 e. The number of para-hydroxylation sites is 3. The zero-order valence-electron chi connectivity index (χ0n) is 12.4. The van der Waals surface area contributed by atoms with Crippen molar-refractivity contribution in [2.24, 2.45) is 0 Å². The molecule has 3 rings (SSSR count). The summed E-state index contributed by atoms with van der Waals surface area (Å²) in [7, 11) is 0. The fourth-order valence-electron chi connectivity index (χ4n) is 2.10. The van der Waals surface area contributed by atoms with Crippen LogP contribution in [0.4, 0.5) is 11.4 Å². The number of nitrogen functional groups attached to an aromatic ring is 1. The second-order valence-electron chi connectivity index (χ2n) is 4.99. The molecule has 0 radical (unpaired) electrons. The van der Waals surface area contributed by atoms with Gasteiger partial charge in [-0.2, -0.15) is 0 Å². The first-order valence-corrected chi connectivity index (χ1v) is 7.21. The van der Waals surface area contributed by atoms with E-state index in [-0.39, 0.29) is 5.91 Å². The van der Waals surface area contributed by atoms with E-state index in [1.54, 1.807) is 30.3 Å². The number of nitrogens with one attached hydrogen (secondary N) is 1. The van der Waals surface area contributed by atoms with Crippen molar-refractivity contribution in [1.29, 1.82) is 0 Å². The van der Waals surface area contributed by atoms with E-state index in [0.29, 0.717) is 28.4 Å². The molecule has 0 atom stereocenters. The normalized spacial score (nSPS) is 10.1. The lowest BCUT2D eigenvalue weighted by atomic mass is 10.2. The number of hydrogen-bond acceptors (Lipinski definition) is 3. The summed E-state index contributed by atoms with van der Waals surface area (Å²) in [6.45, 7) is 0. The second kappa shape index (κ2) is 6.66. The Labute approximate surface area is 134 Å². The molecule has 114 valence electrons. The lowest BCUT2D eigenvalue weighted by Gasteiger charge is -2.12. The average Bonchev–Trinajstić information content (AvgIpc) is 2.58. The van der Waals surface area contributed by atoms with E-state index < -0.39 is 0 Å². The van der Waals surface area contributed by atoms with Crippen molar-refractivity contribution < 1.29 is 9.53 Å². The Bertz CT molecular complexity index is 799. The predicted octanol–water partition coefficient (Wildman–Crippen LogP) is 4.31. The third-order valence-electron chi connectivity index (χ3n) is 3.28. The van der Waals surface area contributed by atoms with Crippen molar-refractivity contribution in [3.8, 4) is 11.5 Å². The number of carbonyl (C=O) groups is 1. The third kappa shape index (κ3) is 3.68. The Morgan fingerprint density at radius 3 is 2.22 bits per heavy atom. The maximum Gasteiger partial charge on any atom is 0.255 e. The van der Waals surface area contributed by atoms with Crippen molar-refractivity contribution >= 4 is 17.3 Å². The molecule has 0 aliphatic heterocycles. The maximum atomic E-state index is 12.3. The van der Waals surface area contributed by atoms with Gasteiger partial charge in [-0.05, 0) is 48.5 Å². The van der Waals surface area contributed by atoms with Gasteiger partial charge in [0.05, 0.1) is 5.69 Å². The van der Waals surface area contributed by atoms with E-state index >= 15 is 0 Å². The van der Waals surface area contributed by atoms with E-state index in [4.69, 9.17) is 10.5 Å². The maximum absolute atomic E-state index is 12.3. The molecule has 0 aromatic heterocycles. The molecule has 0 heterocycles. The predicted molar refractivity (Wildman–Crippen MR) is 91.8 cm³/mol. The fourth-order valence-corrected chi connectivity index (χ4v) is 2.10. The highest BCUT2D eigenvalue weighted by molar-refractivity contribution is 6.05. The molecule has 23 heavy (non-hydrogen) atoms. The Morgan fingerprint density at radius 2 is 1.48 bits per heavy atom. The van der Waals surface area contributed by atoms with E-state index in [1.807, 2.05) is 48.5 Å². The molecular weight excluding hydrogens is 288 g/mol. The zero-order valence-corrected chi connectivity index (χ0v) is 12.4. The van der Waals surface area contributed by atoms with Gasteiger partial charge in [-0.1, -0.05) is 30.3 Å². The van der Waals surface area contributed by atoms with Gasteiger partial charge in [0.1, 0.15) is 5.75 Å². The number of hydrogen-bond donors (Lipinski definition) is 2. The third-order valence-corrected chi connectivity index (χ3v) is 3.28. The van der Waals surface area contributed by atoms with Gasteiger partial charge >= 0.3 is 0 Å². The highest BCUT2D eigenvalue weighted by Gasteiger charge is 2.10. The minimum atomic E-state index is -0.214. The summed E-state index contributed by atoms with van der Waals surface area (Å²) in [5, 5.41) is 2.86. The lowest BCUT2D eigenvalue weighted by Crippen LogP contribution is -2.12. The number of carbonyl (C=O) groups excluding carboxylic acids is 1. The van der Waals surface area contributed by atoms with Crippen molar-refractivity contribution in [3.63, 3.8) is 0 Å². The van der Waals surface area contributed by atoms with E-state index in [2.05, 4.69) is 5.32 Å². The number of amides is 1. The molecule has 0 spiro atoms. The van der Waals surface area contributed by atoms with Crippen molar-refractivity contribution in [1.82, 2.24) is 0 Å². The van der Waals surface area contributed by atoms with Crippen LogP contribution in [0.1, 0.15) is 10.4 Å². The standard InChI is InChI=1S/C19H16N2O2/c20-15-12-10-14(11-13-15)19(22)21-17-8-4-5-9-18(17)23-16-6-2-1-3-7-16/h1-13H,20H2,(H,21,22). The molecule has 3 N–H and O–H groups in total. The van der Waals surface area contributed by atoms with Crippen LogP contribution < -0.4 is 15.8 Å². The second-order valence-corrected chi connectivity index (χ2v) is 4.99. The topological polar surface area (TPSA) is 64.4 Å². The van der Waals surface area contributed by atoms with Crippen LogP contribution >= 0.6 is 0 Å². The fraction of sp³-hybridized carbons (Fsp3) is 0. The van der Waals surface area contributed by atoms with Crippen LogP contribution in [0.25, 0.3) is 0 Å². The summed E-state index contributed by atoms with van der Waals surface area (Å²) in [4.78, 5) is 12.3. The number of anilines is 2. The van der Waals surface area contributed by atoms with Crippen LogP contribution in [-0.2, 0) is 0 Å². The van der Waals surface area contributed by atoms with E-state index in [0.717, 1.165) is 0 Å². The summed E-state index contributed by atoms with van der Waals surface area (Å²) in [5.41, 5.74) is 7.40. The average molecular weight is 304 g/mol. The summed E-state index contributed by atoms with van der Waals surface area (Å²) >= 11 is 0. The highest BCUT2D eigenvalue weighted by atomic mass is 16.5. The summed E-state index contributed by atoms with van der Waals surface area (Å²) < 4.78 is 5.83. The summed E-state index contributed by atoms with van der Waals surface area (Å²) in [6, 6.07) is 23.5. The molecule has 0 saturated heterocycles. The lowest BCUT2D eigenvalue weighted by molar-refractivity contribution is 0.102. The minimum absolute atomic E-state index is 0.214. The Morgan fingerprint density at radius 1 is 0.826 bits per heavy atom. The molecule has 3 aromatic rings. The molecule has 1 amide bonds. The largest absolute Gasteiger partial charge is 0.455 e. The highest BCUT2D eigenvalue weighted by Crippen LogP contribution is 2.29. The minimum Gasteiger partial charge on any atom is -0.455 e. The van der Waals surface area contributed by atoms with Gasteiger partial charge in [0, 0.05) is 11.3 Å². The van der Waals surface area contributed by atoms with Gasteiger partial charge in [0.2, 0.25) is 0 Å². The summed E-state index contributed by atoms with van der Waals surface area (Å²) in [5.74, 6) is 1.08. The van der Waals surface area contributed by atoms with Gasteiger partial charge < -0.3 is 15.8 Å². The Balaban J connectivity index is 1.80. The molecule has 0 aliphatic carbocycles. The first-order chi connectivity index (χ1) is 11.2. The molecule has 3 aromatic carbocycles. The number of benzene rings is 3. The van der Waals surface area contributed by atoms with Crippen LogP contribution in [0.5, 0.6) is 11.5 Å². The number of nitrogens with two attached hydrogens (primary N) is 1. The van der Waals surface area contributed by atoms with Crippen LogP contribution in [0.3, 0.4) is 0 Å². The molecule has 0 aliphatic rings. The van der Waals surface area contributed by atoms with Gasteiger partial charge in [0.25, 0.3) is 5.91 Å². The van der Waals surface area contributed by atoms with Gasteiger partial charge in [0.15, 0.2) is 5.75 Å². The molecule has 4 heteroatoms. The van der Waals surface area contributed by atoms with E-state index in [1.165, 1.54) is 0 Å². The number of rotatable bonds is 4. The quantitative estimate of drug-likeness (QED) is 0.706. The van der Waals surface area contributed by atoms with Crippen LogP contribution in [0, 0.1) is 0 Å². The first-order valence-electron chi connectivity index (χ1n) is 7.21. The molecule has 0 fully saturated rings. The SMILES string of the molecule is Nc1ccc(C(=O)Nc2ccccc2Oc2ccccc2)cc1. The zero-order chi connectivity index (χ0) is 16.1. The first kappa shape index (κ1) is 14.7. The van der Waals surface area contributed by atoms with Crippen LogP contribution in [0.15, 0.2) is 78.9 Å². The molecule has 0 bridgehead atoms. The monoisotopic (exact) mass is 304 g/mol. The van der Waals surface area contributed by atoms with Crippen LogP contribution in [0.2, 0.25) is 0 Å². The summed E-state index contributed by atoms with van der Waals surface area (Å²) in [6.07, 6.45) is 0. The van der Waals surface area contributed by atoms with Gasteiger partial charge in [-0.15, -0.1) is 0 Å². The van der Waals surface area contributed by atoms with Crippen molar-refractivity contribution in [3.05, 3.63) is 84.4 Å². The number of ether oxygens (including phenoxy) is 1. The van der Waals surface area contributed by atoms with E-state index in [9.17, 15) is 4.79 Å². The van der Waals surface area contributed by atoms with Crippen molar-refractivity contribution in [2.45, 2.75) is 0 Å². The Kier molecular flexibility index (Phi) is 4.25. The Hall–Kier alpha value is -3.27. The van der Waals surface area contributed by atoms with Crippen molar-refractivity contribution in [2.75, 3.05) is 11.1 Å². The molecule has 4 nitrogen and oxygen atoms in total. The van der Waals surface area contributed by atoms with Crippen LogP contribution in [-0.4, -0.2) is 5.91 Å². The molecular formula is C19H16N2O2. The van der Waals surface area contributed by atoms with Gasteiger partial charge in [-0.3, -0.25) is 4.79 Å². The molecule has 0 unspecified atom stereocenters. The molecule has 0 saturated carbocycles. The van der Waals surface area contributed by atoms with Gasteiger partial charge in [-0.25, -0.2) is 0 Å².